The number of aliphatic hydroxyl groups excluding tert-OH is 1. The Labute approximate surface area is 142 Å². The van der Waals surface area contributed by atoms with Gasteiger partial charge in [-0.15, -0.1) is 0 Å². The van der Waals surface area contributed by atoms with Gasteiger partial charge in [-0.1, -0.05) is 92.0 Å². The molecule has 0 heterocycles. The van der Waals surface area contributed by atoms with Gasteiger partial charge in [0.15, 0.2) is 0 Å². The highest BCUT2D eigenvalue weighted by atomic mass is 16.2. The molecule has 0 amide bonds. The maximum Gasteiger partial charge on any atom is 0.0433 e. The summed E-state index contributed by atoms with van der Waals surface area (Å²) in [6.07, 6.45) is 31.1. The lowest BCUT2D eigenvalue weighted by Crippen LogP contribution is -2.12. The molecule has 0 unspecified atom stereocenters. The van der Waals surface area contributed by atoms with Crippen LogP contribution in [0.15, 0.2) is 85.1 Å². The summed E-state index contributed by atoms with van der Waals surface area (Å²) in [5, 5.41) is 11.9. The van der Waals surface area contributed by atoms with Crippen LogP contribution in [0.25, 0.3) is 0 Å². The fourth-order valence-corrected chi connectivity index (χ4v) is 1.56. The monoisotopic (exact) mass is 313 g/mol. The molecule has 0 aromatic rings. The van der Waals surface area contributed by atoms with Crippen molar-refractivity contribution in [2.45, 2.75) is 26.2 Å². The molecule has 0 aliphatic rings. The number of rotatable bonds is 13. The van der Waals surface area contributed by atoms with Crippen LogP contribution in [0.4, 0.5) is 0 Å². The minimum atomic E-state index is 0.258. The number of hydrogen-bond donors (Lipinski definition) is 2. The van der Waals surface area contributed by atoms with Gasteiger partial charge in [0.25, 0.3) is 0 Å². The molecule has 2 heteroatoms. The quantitative estimate of drug-likeness (QED) is 0.383. The van der Waals surface area contributed by atoms with Crippen molar-refractivity contribution in [3.05, 3.63) is 85.1 Å². The molecular formula is C21H31NO. The van der Waals surface area contributed by atoms with E-state index in [-0.39, 0.29) is 6.61 Å². The standard InChI is InChI=1S/C21H31NO/c1-2-22-20-18-16-14-12-10-8-6-4-3-5-7-9-11-13-15-17-19-21-23/h3-16,22-23H,2,17-21H2,1H3/b4-3+,7-5+,8-6+,11-9+,12-10+,15-13+,16-14+. The summed E-state index contributed by atoms with van der Waals surface area (Å²) in [6, 6.07) is 0. The normalized spacial score (nSPS) is 13.7. The van der Waals surface area contributed by atoms with Crippen molar-refractivity contribution >= 4 is 0 Å². The number of unbranched alkanes of at least 4 members (excludes halogenated alkanes) is 1. The third-order valence-corrected chi connectivity index (χ3v) is 2.76. The van der Waals surface area contributed by atoms with Crippen LogP contribution >= 0.6 is 0 Å². The highest BCUT2D eigenvalue weighted by Crippen LogP contribution is 1.90. The average molecular weight is 313 g/mol. The van der Waals surface area contributed by atoms with E-state index >= 15 is 0 Å². The van der Waals surface area contributed by atoms with Gasteiger partial charge in [0.1, 0.15) is 0 Å². The van der Waals surface area contributed by atoms with E-state index < -0.39 is 0 Å². The third-order valence-electron chi connectivity index (χ3n) is 2.76. The molecule has 126 valence electrons. The number of hydrogen-bond acceptors (Lipinski definition) is 2. The Bertz CT molecular complexity index is 437. The molecular weight excluding hydrogens is 282 g/mol. The van der Waals surface area contributed by atoms with Crippen LogP contribution in [0.3, 0.4) is 0 Å². The first kappa shape index (κ1) is 21.1. The first-order chi connectivity index (χ1) is 11.4. The van der Waals surface area contributed by atoms with Gasteiger partial charge in [-0.3, -0.25) is 0 Å². The van der Waals surface area contributed by atoms with Gasteiger partial charge in [-0.2, -0.15) is 0 Å². The SMILES string of the molecule is CCNCC/C=C/C=C/C=C/C=C/C=C/C=C/C=C/CCCO. The fraction of sp³-hybridized carbons (Fsp3) is 0.333. The minimum absolute atomic E-state index is 0.258. The second-order valence-electron chi connectivity index (χ2n) is 4.79. The molecule has 0 bridgehead atoms. The highest BCUT2D eigenvalue weighted by Gasteiger charge is 1.77. The number of allylic oxidation sites excluding steroid dienone is 13. The first-order valence-electron chi connectivity index (χ1n) is 8.38. The van der Waals surface area contributed by atoms with Gasteiger partial charge < -0.3 is 10.4 Å². The molecule has 0 aliphatic carbocycles. The molecule has 23 heavy (non-hydrogen) atoms. The molecule has 0 saturated heterocycles. The van der Waals surface area contributed by atoms with Crippen molar-refractivity contribution in [1.29, 1.82) is 0 Å². The van der Waals surface area contributed by atoms with Gasteiger partial charge >= 0.3 is 0 Å². The molecule has 0 atom stereocenters. The molecule has 0 saturated carbocycles. The van der Waals surface area contributed by atoms with Gasteiger partial charge in [0.05, 0.1) is 0 Å². The summed E-state index contributed by atoms with van der Waals surface area (Å²) in [5.74, 6) is 0. The van der Waals surface area contributed by atoms with Crippen LogP contribution in [0.1, 0.15) is 26.2 Å². The van der Waals surface area contributed by atoms with Crippen LogP contribution in [-0.2, 0) is 0 Å². The summed E-state index contributed by atoms with van der Waals surface area (Å²) in [6.45, 7) is 4.45. The Morgan fingerprint density at radius 3 is 1.52 bits per heavy atom. The molecule has 0 radical (unpaired) electrons. The Kier molecular flexibility index (Phi) is 18.4. The topological polar surface area (TPSA) is 32.3 Å². The fourth-order valence-electron chi connectivity index (χ4n) is 1.56. The van der Waals surface area contributed by atoms with E-state index in [9.17, 15) is 0 Å². The lowest BCUT2D eigenvalue weighted by Gasteiger charge is -1.93. The minimum Gasteiger partial charge on any atom is -0.396 e. The lowest BCUT2D eigenvalue weighted by molar-refractivity contribution is 0.289. The van der Waals surface area contributed by atoms with E-state index in [2.05, 4.69) is 30.5 Å². The summed E-state index contributed by atoms with van der Waals surface area (Å²) < 4.78 is 0. The molecule has 2 nitrogen and oxygen atoms in total. The first-order valence-corrected chi connectivity index (χ1v) is 8.38. The van der Waals surface area contributed by atoms with Crippen LogP contribution < -0.4 is 5.32 Å². The molecule has 0 aromatic heterocycles. The number of nitrogens with one attached hydrogen (secondary N) is 1. The maximum atomic E-state index is 8.62. The molecule has 2 N–H and O–H groups in total. The van der Waals surface area contributed by atoms with Crippen LogP contribution in [0.5, 0.6) is 0 Å². The van der Waals surface area contributed by atoms with E-state index in [1.165, 1.54) is 0 Å². The highest BCUT2D eigenvalue weighted by molar-refractivity contribution is 5.20. The Balaban J connectivity index is 3.69. The van der Waals surface area contributed by atoms with E-state index in [1.807, 2.05) is 66.8 Å². The average Bonchev–Trinajstić information content (AvgIpc) is 2.57. The maximum absolute atomic E-state index is 8.62. The van der Waals surface area contributed by atoms with E-state index in [4.69, 9.17) is 5.11 Å². The van der Waals surface area contributed by atoms with E-state index in [1.54, 1.807) is 0 Å². The van der Waals surface area contributed by atoms with Crippen molar-refractivity contribution in [2.24, 2.45) is 0 Å². The predicted octanol–water partition coefficient (Wildman–Crippen LogP) is 4.65. The van der Waals surface area contributed by atoms with Crippen LogP contribution in [0, 0.1) is 0 Å². The molecule has 0 spiro atoms. The van der Waals surface area contributed by atoms with Gasteiger partial charge in [0, 0.05) is 6.61 Å². The third kappa shape index (κ3) is 20.1. The second-order valence-corrected chi connectivity index (χ2v) is 4.79. The van der Waals surface area contributed by atoms with Crippen molar-refractivity contribution in [2.75, 3.05) is 19.7 Å². The Morgan fingerprint density at radius 2 is 1.09 bits per heavy atom. The van der Waals surface area contributed by atoms with Gasteiger partial charge in [0.2, 0.25) is 0 Å². The predicted molar refractivity (Wildman–Crippen MR) is 103 cm³/mol. The number of aliphatic hydroxyl groups is 1. The molecule has 0 aliphatic heterocycles. The van der Waals surface area contributed by atoms with Crippen molar-refractivity contribution in [3.63, 3.8) is 0 Å². The van der Waals surface area contributed by atoms with Crippen molar-refractivity contribution in [3.8, 4) is 0 Å². The second kappa shape index (κ2) is 20.1. The van der Waals surface area contributed by atoms with Crippen LogP contribution in [-0.4, -0.2) is 24.8 Å². The van der Waals surface area contributed by atoms with Gasteiger partial charge in [-0.05, 0) is 32.4 Å². The lowest BCUT2D eigenvalue weighted by atomic mass is 10.3. The zero-order chi connectivity index (χ0) is 16.8. The van der Waals surface area contributed by atoms with E-state index in [0.29, 0.717) is 0 Å². The Morgan fingerprint density at radius 1 is 0.652 bits per heavy atom. The van der Waals surface area contributed by atoms with E-state index in [0.717, 1.165) is 32.4 Å². The van der Waals surface area contributed by atoms with Crippen LogP contribution in [0.2, 0.25) is 0 Å². The summed E-state index contributed by atoms with van der Waals surface area (Å²) in [4.78, 5) is 0. The summed E-state index contributed by atoms with van der Waals surface area (Å²) in [5.41, 5.74) is 0. The van der Waals surface area contributed by atoms with Crippen molar-refractivity contribution < 1.29 is 5.11 Å². The van der Waals surface area contributed by atoms with Crippen molar-refractivity contribution in [1.82, 2.24) is 5.32 Å². The zero-order valence-electron chi connectivity index (χ0n) is 14.3. The summed E-state index contributed by atoms with van der Waals surface area (Å²) >= 11 is 0. The molecule has 0 aromatic carbocycles. The molecule has 0 fully saturated rings. The largest absolute Gasteiger partial charge is 0.396 e. The molecule has 0 rings (SSSR count). The smallest absolute Gasteiger partial charge is 0.0433 e. The summed E-state index contributed by atoms with van der Waals surface area (Å²) in [7, 11) is 0. The van der Waals surface area contributed by atoms with Gasteiger partial charge in [-0.25, -0.2) is 0 Å². The zero-order valence-corrected chi connectivity index (χ0v) is 14.3. The Hall–Kier alpha value is -1.90.